The van der Waals surface area contributed by atoms with E-state index in [4.69, 9.17) is 14.2 Å². The molecule has 0 aromatic heterocycles. The topological polar surface area (TPSA) is 78.9 Å². The number of rotatable bonds is 44. The van der Waals surface area contributed by atoms with Crippen LogP contribution >= 0.6 is 0 Å². The van der Waals surface area contributed by atoms with Gasteiger partial charge >= 0.3 is 17.9 Å². The third-order valence-electron chi connectivity index (χ3n) is 10.4. The van der Waals surface area contributed by atoms with E-state index in [0.717, 1.165) is 116 Å². The second-order valence-electron chi connectivity index (χ2n) is 16.4. The predicted molar refractivity (Wildman–Crippen MR) is 265 cm³/mol. The standard InChI is InChI=1S/C56H92O6/c1-4-7-10-13-16-19-22-25-27-29-31-34-37-40-43-46-49-55(58)61-52-53(51-60-54(57)48-45-42-39-36-33-30-24-21-18-15-12-9-6-3)62-56(59)50-47-44-41-38-35-32-28-26-23-20-17-14-11-8-5-2/h7,9-10,12,15-16,18-21,23-25,27,31,34,53H,4-6,8,11,13-14,17,22,26,28-30,32-33,35-52H2,1-3H3/b10-7-,12-9-,18-15-,19-16-,23-20-,24-21-,27-25-,34-31-. The fourth-order valence-corrected chi connectivity index (χ4v) is 6.60. The van der Waals surface area contributed by atoms with Crippen LogP contribution in [-0.2, 0) is 28.6 Å². The average molecular weight is 861 g/mol. The van der Waals surface area contributed by atoms with Gasteiger partial charge in [-0.15, -0.1) is 0 Å². The molecule has 0 aliphatic rings. The second-order valence-corrected chi connectivity index (χ2v) is 16.4. The van der Waals surface area contributed by atoms with E-state index in [1.54, 1.807) is 0 Å². The molecule has 62 heavy (non-hydrogen) atoms. The highest BCUT2D eigenvalue weighted by molar-refractivity contribution is 5.71. The Morgan fingerprint density at radius 3 is 1.19 bits per heavy atom. The number of carbonyl (C=O) groups is 3. The average Bonchev–Trinajstić information content (AvgIpc) is 3.27. The Kier molecular flexibility index (Phi) is 47.0. The number of carbonyl (C=O) groups excluding carboxylic acids is 3. The van der Waals surface area contributed by atoms with Crippen LogP contribution in [0.4, 0.5) is 0 Å². The Bertz CT molecular complexity index is 1260. The first-order valence-corrected chi connectivity index (χ1v) is 25.3. The van der Waals surface area contributed by atoms with Crippen LogP contribution in [0.25, 0.3) is 0 Å². The van der Waals surface area contributed by atoms with Crippen molar-refractivity contribution in [2.75, 3.05) is 13.2 Å². The lowest BCUT2D eigenvalue weighted by atomic mass is 10.1. The van der Waals surface area contributed by atoms with Gasteiger partial charge < -0.3 is 14.2 Å². The van der Waals surface area contributed by atoms with E-state index in [9.17, 15) is 14.4 Å². The van der Waals surface area contributed by atoms with E-state index in [1.165, 1.54) is 64.2 Å². The molecule has 352 valence electrons. The van der Waals surface area contributed by atoms with Crippen LogP contribution < -0.4 is 0 Å². The Balaban J connectivity index is 4.48. The van der Waals surface area contributed by atoms with Crippen molar-refractivity contribution in [2.24, 2.45) is 0 Å². The van der Waals surface area contributed by atoms with Crippen molar-refractivity contribution < 1.29 is 28.6 Å². The number of esters is 3. The Hall–Kier alpha value is -3.67. The molecule has 6 nitrogen and oxygen atoms in total. The Labute approximate surface area is 381 Å². The largest absolute Gasteiger partial charge is 0.462 e. The highest BCUT2D eigenvalue weighted by Crippen LogP contribution is 2.13. The van der Waals surface area contributed by atoms with Gasteiger partial charge in [-0.05, 0) is 103 Å². The van der Waals surface area contributed by atoms with Crippen LogP contribution in [0, 0.1) is 0 Å². The van der Waals surface area contributed by atoms with Gasteiger partial charge in [0.05, 0.1) is 0 Å². The number of hydrogen-bond acceptors (Lipinski definition) is 6. The summed E-state index contributed by atoms with van der Waals surface area (Å²) in [7, 11) is 0. The van der Waals surface area contributed by atoms with Crippen LogP contribution in [0.5, 0.6) is 0 Å². The van der Waals surface area contributed by atoms with E-state index in [1.807, 2.05) is 0 Å². The summed E-state index contributed by atoms with van der Waals surface area (Å²) in [6.45, 7) is 6.32. The zero-order chi connectivity index (χ0) is 45.1. The minimum Gasteiger partial charge on any atom is -0.462 e. The lowest BCUT2D eigenvalue weighted by Crippen LogP contribution is -2.30. The lowest BCUT2D eigenvalue weighted by Gasteiger charge is -2.18. The van der Waals surface area contributed by atoms with E-state index >= 15 is 0 Å². The van der Waals surface area contributed by atoms with Crippen molar-refractivity contribution in [3.63, 3.8) is 0 Å². The predicted octanol–water partition coefficient (Wildman–Crippen LogP) is 16.6. The van der Waals surface area contributed by atoms with E-state index in [2.05, 4.69) is 118 Å². The molecule has 0 bridgehead atoms. The second kappa shape index (κ2) is 50.0. The summed E-state index contributed by atoms with van der Waals surface area (Å²) in [6.07, 6.45) is 65.3. The summed E-state index contributed by atoms with van der Waals surface area (Å²) in [5, 5.41) is 0. The van der Waals surface area contributed by atoms with Gasteiger partial charge in [0.15, 0.2) is 6.10 Å². The highest BCUT2D eigenvalue weighted by atomic mass is 16.6. The molecule has 1 atom stereocenters. The number of ether oxygens (including phenoxy) is 3. The van der Waals surface area contributed by atoms with Crippen molar-refractivity contribution in [1.29, 1.82) is 0 Å². The third kappa shape index (κ3) is 47.4. The van der Waals surface area contributed by atoms with E-state index < -0.39 is 6.10 Å². The molecule has 0 amide bonds. The van der Waals surface area contributed by atoms with Crippen molar-refractivity contribution in [1.82, 2.24) is 0 Å². The van der Waals surface area contributed by atoms with Crippen LogP contribution in [0.2, 0.25) is 0 Å². The molecule has 6 heteroatoms. The molecule has 0 rings (SSSR count). The molecule has 0 heterocycles. The van der Waals surface area contributed by atoms with Crippen molar-refractivity contribution in [3.05, 3.63) is 97.2 Å². The molecule has 0 fully saturated rings. The molecule has 0 aromatic rings. The quantitative estimate of drug-likeness (QED) is 0.0200. The fourth-order valence-electron chi connectivity index (χ4n) is 6.60. The van der Waals surface area contributed by atoms with Gasteiger partial charge in [0.2, 0.25) is 0 Å². The van der Waals surface area contributed by atoms with Crippen molar-refractivity contribution in [3.8, 4) is 0 Å². The summed E-state index contributed by atoms with van der Waals surface area (Å²) >= 11 is 0. The summed E-state index contributed by atoms with van der Waals surface area (Å²) in [6, 6.07) is 0. The van der Waals surface area contributed by atoms with Crippen LogP contribution in [-0.4, -0.2) is 37.2 Å². The SMILES string of the molecule is CC\C=C/C=C\C=C/CCCCCCCC(=O)OCC(COC(=O)CCCCC/C=C\C/C=C\C/C=C\C/C=C\CC)OC(=O)CCCCCCCCC/C=C\CCCCCC. The van der Waals surface area contributed by atoms with Gasteiger partial charge in [0.1, 0.15) is 13.2 Å². The molecule has 0 spiro atoms. The Morgan fingerprint density at radius 1 is 0.355 bits per heavy atom. The highest BCUT2D eigenvalue weighted by Gasteiger charge is 2.19. The van der Waals surface area contributed by atoms with Gasteiger partial charge in [-0.3, -0.25) is 14.4 Å². The van der Waals surface area contributed by atoms with E-state index in [0.29, 0.717) is 19.3 Å². The molecular weight excluding hydrogens is 769 g/mol. The number of allylic oxidation sites excluding steroid dienone is 16. The van der Waals surface area contributed by atoms with Gasteiger partial charge in [-0.25, -0.2) is 0 Å². The van der Waals surface area contributed by atoms with E-state index in [-0.39, 0.29) is 31.1 Å². The normalized spacial score (nSPS) is 12.9. The fraction of sp³-hybridized carbons (Fsp3) is 0.661. The molecule has 1 unspecified atom stereocenters. The first-order valence-electron chi connectivity index (χ1n) is 25.3. The Morgan fingerprint density at radius 2 is 0.710 bits per heavy atom. The summed E-state index contributed by atoms with van der Waals surface area (Å²) in [4.78, 5) is 37.9. The summed E-state index contributed by atoms with van der Waals surface area (Å²) < 4.78 is 16.7. The van der Waals surface area contributed by atoms with Crippen molar-refractivity contribution >= 4 is 17.9 Å². The summed E-state index contributed by atoms with van der Waals surface area (Å²) in [5.74, 6) is -0.961. The zero-order valence-corrected chi connectivity index (χ0v) is 40.1. The molecule has 0 radical (unpaired) electrons. The molecule has 0 aliphatic heterocycles. The molecule has 0 saturated carbocycles. The number of unbranched alkanes of at least 4 members (excludes halogenated alkanes) is 19. The number of hydrogen-bond donors (Lipinski definition) is 0. The maximum Gasteiger partial charge on any atom is 0.306 e. The lowest BCUT2D eigenvalue weighted by molar-refractivity contribution is -0.167. The maximum atomic E-state index is 12.8. The van der Waals surface area contributed by atoms with Gasteiger partial charge in [-0.2, -0.15) is 0 Å². The first-order chi connectivity index (χ1) is 30.5. The van der Waals surface area contributed by atoms with Gasteiger partial charge in [-0.1, -0.05) is 195 Å². The van der Waals surface area contributed by atoms with Crippen LogP contribution in [0.1, 0.15) is 220 Å². The van der Waals surface area contributed by atoms with Crippen molar-refractivity contribution in [2.45, 2.75) is 226 Å². The monoisotopic (exact) mass is 861 g/mol. The first kappa shape index (κ1) is 58.3. The smallest absolute Gasteiger partial charge is 0.306 e. The van der Waals surface area contributed by atoms with Crippen LogP contribution in [0.3, 0.4) is 0 Å². The molecule has 0 N–H and O–H groups in total. The molecular formula is C56H92O6. The van der Waals surface area contributed by atoms with Gasteiger partial charge in [0.25, 0.3) is 0 Å². The molecule has 0 aromatic carbocycles. The van der Waals surface area contributed by atoms with Crippen LogP contribution in [0.15, 0.2) is 97.2 Å². The zero-order valence-electron chi connectivity index (χ0n) is 40.1. The minimum absolute atomic E-state index is 0.101. The summed E-state index contributed by atoms with van der Waals surface area (Å²) in [5.41, 5.74) is 0. The molecule has 0 saturated heterocycles. The minimum atomic E-state index is -0.801. The third-order valence-corrected chi connectivity index (χ3v) is 10.4. The molecule has 0 aliphatic carbocycles. The maximum absolute atomic E-state index is 12.8. The van der Waals surface area contributed by atoms with Gasteiger partial charge in [0, 0.05) is 19.3 Å².